The first-order valence-corrected chi connectivity index (χ1v) is 8.49. The van der Waals surface area contributed by atoms with E-state index in [0.717, 1.165) is 0 Å². The van der Waals surface area contributed by atoms with E-state index in [1.807, 2.05) is 4.90 Å². The first-order chi connectivity index (χ1) is 13.2. The molecule has 0 amide bonds. The largest absolute Gasteiger partial charge is 0.458 e. The number of rotatable bonds is 2. The van der Waals surface area contributed by atoms with Crippen molar-refractivity contribution < 1.29 is 26.3 Å². The average Bonchev–Trinajstić information content (AvgIpc) is 2.66. The Balaban J connectivity index is 1.99. The maximum absolute atomic E-state index is 14.3. The van der Waals surface area contributed by atoms with Crippen LogP contribution >= 0.6 is 0 Å². The summed E-state index contributed by atoms with van der Waals surface area (Å²) in [4.78, 5) is 10.5. The van der Waals surface area contributed by atoms with Crippen LogP contribution in [-0.4, -0.2) is 42.3 Å². The quantitative estimate of drug-likeness (QED) is 0.522. The van der Waals surface area contributed by atoms with Gasteiger partial charge in [-0.15, -0.1) is 0 Å². The fourth-order valence-electron chi connectivity index (χ4n) is 3.33. The molecule has 2 aromatic heterocycles. The van der Waals surface area contributed by atoms with Crippen molar-refractivity contribution in [2.45, 2.75) is 12.1 Å². The van der Waals surface area contributed by atoms with Gasteiger partial charge in [-0.3, -0.25) is 4.98 Å². The molecule has 0 aliphatic carbocycles. The molecule has 3 aromatic rings. The number of nitrogens with one attached hydrogen (secondary N) is 1. The van der Waals surface area contributed by atoms with Crippen molar-refractivity contribution in [2.75, 3.05) is 31.1 Å². The van der Waals surface area contributed by atoms with Crippen LogP contribution in [0.15, 0.2) is 30.5 Å². The molecule has 0 bridgehead atoms. The summed E-state index contributed by atoms with van der Waals surface area (Å²) in [6.45, 7) is 2.60. The van der Waals surface area contributed by atoms with Gasteiger partial charge in [0.25, 0.3) is 0 Å². The topological polar surface area (TPSA) is 41.1 Å². The van der Waals surface area contributed by atoms with E-state index in [2.05, 4.69) is 15.3 Å². The molecule has 0 atom stereocenters. The molecule has 28 heavy (non-hydrogen) atoms. The Bertz CT molecular complexity index is 1040. The van der Waals surface area contributed by atoms with E-state index in [0.29, 0.717) is 55.0 Å². The molecule has 3 heterocycles. The average molecular weight is 400 g/mol. The van der Waals surface area contributed by atoms with Crippen LogP contribution in [0.3, 0.4) is 0 Å². The predicted molar refractivity (Wildman–Crippen MR) is 92.0 cm³/mol. The van der Waals surface area contributed by atoms with Gasteiger partial charge < -0.3 is 10.2 Å². The second-order valence-corrected chi connectivity index (χ2v) is 6.49. The molecule has 4 nitrogen and oxygen atoms in total. The molecule has 1 saturated heterocycles. The number of hydrogen-bond acceptors (Lipinski definition) is 4. The molecule has 0 spiro atoms. The van der Waals surface area contributed by atoms with E-state index in [-0.39, 0.29) is 10.9 Å². The number of pyridine rings is 2. The van der Waals surface area contributed by atoms with E-state index in [4.69, 9.17) is 0 Å². The number of nitrogens with zero attached hydrogens (tertiary/aromatic N) is 3. The minimum Gasteiger partial charge on any atom is -0.352 e. The van der Waals surface area contributed by atoms with Gasteiger partial charge in [0.2, 0.25) is 0 Å². The van der Waals surface area contributed by atoms with E-state index in [1.165, 1.54) is 12.3 Å². The molecular weight excluding hydrogens is 386 g/mol. The molecule has 10 heteroatoms. The smallest absolute Gasteiger partial charge is 0.352 e. The van der Waals surface area contributed by atoms with Crippen LogP contribution in [0.1, 0.15) is 5.56 Å². The highest BCUT2D eigenvalue weighted by Gasteiger charge is 2.60. The Hall–Kier alpha value is -2.62. The number of aromatic nitrogens is 2. The number of fused-ring (bicyclic) bond motifs is 3. The lowest BCUT2D eigenvalue weighted by Gasteiger charge is -2.29. The number of anilines is 1. The second-order valence-electron chi connectivity index (χ2n) is 6.49. The van der Waals surface area contributed by atoms with Crippen molar-refractivity contribution >= 4 is 27.6 Å². The highest BCUT2D eigenvalue weighted by atomic mass is 19.4. The number of hydrogen-bond donors (Lipinski definition) is 1. The Morgan fingerprint density at radius 3 is 2.39 bits per heavy atom. The standard InChI is InChI=1S/C18H14F6N4/c19-13-9-14-11(8-12(13)17(20,21)18(22,23)24)10-2-1-3-26-15(10)16(27-14)28-6-4-25-5-7-28/h1-3,8-9,25H,4-7H2. The van der Waals surface area contributed by atoms with Gasteiger partial charge in [-0.1, -0.05) is 6.07 Å². The van der Waals surface area contributed by atoms with Gasteiger partial charge >= 0.3 is 12.1 Å². The number of benzene rings is 1. The number of halogens is 6. The summed E-state index contributed by atoms with van der Waals surface area (Å²) in [6.07, 6.45) is -4.43. The minimum atomic E-state index is -5.91. The fraction of sp³-hybridized carbons (Fsp3) is 0.333. The molecule has 1 aromatic carbocycles. The number of piperazine rings is 1. The molecular formula is C18H14F6N4. The van der Waals surface area contributed by atoms with Crippen molar-refractivity contribution in [3.63, 3.8) is 0 Å². The minimum absolute atomic E-state index is 0.00624. The van der Waals surface area contributed by atoms with Crippen LogP contribution in [0.5, 0.6) is 0 Å². The summed E-state index contributed by atoms with van der Waals surface area (Å²) in [5.41, 5.74) is -1.37. The Kier molecular flexibility index (Phi) is 4.33. The SMILES string of the molecule is Fc1cc2nc(N3CCNCC3)c3ncccc3c2cc1C(F)(F)C(F)(F)F. The van der Waals surface area contributed by atoms with Crippen LogP contribution in [0.25, 0.3) is 21.8 Å². The summed E-state index contributed by atoms with van der Waals surface area (Å²) in [6, 6.07) is 4.23. The molecule has 1 aliphatic rings. The van der Waals surface area contributed by atoms with Crippen LogP contribution in [0, 0.1) is 5.82 Å². The molecule has 0 radical (unpaired) electrons. The summed E-state index contributed by atoms with van der Waals surface area (Å²) < 4.78 is 80.2. The summed E-state index contributed by atoms with van der Waals surface area (Å²) in [5.74, 6) is -6.53. The highest BCUT2D eigenvalue weighted by molar-refractivity contribution is 6.08. The lowest BCUT2D eigenvalue weighted by Crippen LogP contribution is -2.44. The predicted octanol–water partition coefficient (Wildman–Crippen LogP) is 3.99. The summed E-state index contributed by atoms with van der Waals surface area (Å²) in [7, 11) is 0. The first-order valence-electron chi connectivity index (χ1n) is 8.49. The van der Waals surface area contributed by atoms with Crippen LogP contribution in [-0.2, 0) is 5.92 Å². The van der Waals surface area contributed by atoms with Gasteiger partial charge in [0.1, 0.15) is 11.3 Å². The lowest BCUT2D eigenvalue weighted by molar-refractivity contribution is -0.290. The maximum atomic E-state index is 14.3. The van der Waals surface area contributed by atoms with Crippen LogP contribution in [0.4, 0.5) is 32.2 Å². The molecule has 0 unspecified atom stereocenters. The van der Waals surface area contributed by atoms with E-state index >= 15 is 0 Å². The summed E-state index contributed by atoms with van der Waals surface area (Å²) in [5, 5.41) is 3.50. The Morgan fingerprint density at radius 1 is 1.00 bits per heavy atom. The monoisotopic (exact) mass is 400 g/mol. The third kappa shape index (κ3) is 2.92. The van der Waals surface area contributed by atoms with Crippen molar-refractivity contribution in [1.82, 2.24) is 15.3 Å². The molecule has 1 N–H and O–H groups in total. The van der Waals surface area contributed by atoms with Crippen molar-refractivity contribution in [3.8, 4) is 0 Å². The maximum Gasteiger partial charge on any atom is 0.458 e. The van der Waals surface area contributed by atoms with Crippen molar-refractivity contribution in [2.24, 2.45) is 0 Å². The zero-order valence-corrected chi connectivity index (χ0v) is 14.3. The lowest BCUT2D eigenvalue weighted by atomic mass is 10.0. The third-order valence-corrected chi connectivity index (χ3v) is 4.73. The number of alkyl halides is 5. The van der Waals surface area contributed by atoms with Gasteiger partial charge in [-0.2, -0.15) is 22.0 Å². The van der Waals surface area contributed by atoms with Gasteiger partial charge in [0.05, 0.1) is 11.1 Å². The van der Waals surface area contributed by atoms with E-state index < -0.39 is 23.5 Å². The molecule has 0 saturated carbocycles. The molecule has 148 valence electrons. The van der Waals surface area contributed by atoms with Crippen molar-refractivity contribution in [1.29, 1.82) is 0 Å². The van der Waals surface area contributed by atoms with Gasteiger partial charge in [-0.05, 0) is 12.1 Å². The second kappa shape index (κ2) is 6.47. The van der Waals surface area contributed by atoms with E-state index in [1.54, 1.807) is 6.07 Å². The Labute approximate surface area is 155 Å². The van der Waals surface area contributed by atoms with E-state index in [9.17, 15) is 26.3 Å². The fourth-order valence-corrected chi connectivity index (χ4v) is 3.33. The zero-order chi connectivity index (χ0) is 20.1. The van der Waals surface area contributed by atoms with Crippen LogP contribution in [0.2, 0.25) is 0 Å². The van der Waals surface area contributed by atoms with Gasteiger partial charge in [0.15, 0.2) is 5.82 Å². The molecule has 1 fully saturated rings. The van der Waals surface area contributed by atoms with Gasteiger partial charge in [-0.25, -0.2) is 9.37 Å². The molecule has 4 rings (SSSR count). The van der Waals surface area contributed by atoms with Crippen LogP contribution < -0.4 is 10.2 Å². The Morgan fingerprint density at radius 2 is 1.71 bits per heavy atom. The van der Waals surface area contributed by atoms with Gasteiger partial charge in [0, 0.05) is 49.2 Å². The highest BCUT2D eigenvalue weighted by Crippen LogP contribution is 2.46. The third-order valence-electron chi connectivity index (χ3n) is 4.73. The normalized spacial score (nSPS) is 16.1. The van der Waals surface area contributed by atoms with Crippen molar-refractivity contribution in [3.05, 3.63) is 41.8 Å². The molecule has 1 aliphatic heterocycles. The summed E-state index contributed by atoms with van der Waals surface area (Å²) >= 11 is 0. The first kappa shape index (κ1) is 18.7. The zero-order valence-electron chi connectivity index (χ0n) is 14.3.